The molecule has 0 spiro atoms. The van der Waals surface area contributed by atoms with Crippen molar-refractivity contribution in [2.75, 3.05) is 6.54 Å². The number of nitrogens with one attached hydrogen (secondary N) is 1. The lowest BCUT2D eigenvalue weighted by Gasteiger charge is -2.31. The van der Waals surface area contributed by atoms with Crippen LogP contribution in [0.5, 0.6) is 0 Å². The normalized spacial score (nSPS) is 20.4. The Hall–Kier alpha value is -2.77. The third kappa shape index (κ3) is 3.31. The van der Waals surface area contributed by atoms with E-state index >= 15 is 0 Å². The zero-order valence-electron chi connectivity index (χ0n) is 19.4. The highest BCUT2D eigenvalue weighted by atomic mass is 16.6. The molecule has 2 N–H and O–H groups in total. The Balaban J connectivity index is 1.96. The van der Waals surface area contributed by atoms with E-state index in [-0.39, 0.29) is 18.6 Å². The largest absolute Gasteiger partial charge is 0.458 e. The standard InChI is InChI=1S/C25H31N3O4/c1-6-15-16(9-10-26-14(4)5)17-12-28-21(22(17)27-20(15)7-2)11-19-18(23(28)29)13-32-24(30)25(19,31)8-3/h6-7,11,14,26,31H,8-10,12-13H2,1-5H3/b15-6-,20-7+. The van der Waals surface area contributed by atoms with Gasteiger partial charge in [-0.25, -0.2) is 9.78 Å². The molecule has 32 heavy (non-hydrogen) atoms. The first-order valence-corrected chi connectivity index (χ1v) is 11.3. The van der Waals surface area contributed by atoms with Crippen LogP contribution in [0.4, 0.5) is 0 Å². The van der Waals surface area contributed by atoms with Gasteiger partial charge in [0.25, 0.3) is 5.56 Å². The Morgan fingerprint density at radius 1 is 1.28 bits per heavy atom. The lowest BCUT2D eigenvalue weighted by molar-refractivity contribution is -0.172. The van der Waals surface area contributed by atoms with E-state index in [9.17, 15) is 14.7 Å². The van der Waals surface area contributed by atoms with Crippen molar-refractivity contribution >= 4 is 18.1 Å². The molecule has 0 saturated heterocycles. The van der Waals surface area contributed by atoms with Gasteiger partial charge in [0, 0.05) is 17.2 Å². The number of ether oxygens (including phenoxy) is 1. The molecule has 2 aromatic rings. The van der Waals surface area contributed by atoms with Crippen LogP contribution in [0.2, 0.25) is 0 Å². The second kappa shape index (κ2) is 8.30. The molecule has 4 heterocycles. The van der Waals surface area contributed by atoms with Gasteiger partial charge >= 0.3 is 5.97 Å². The number of fused-ring (bicyclic) bond motifs is 4. The third-order valence-electron chi connectivity index (χ3n) is 6.57. The minimum atomic E-state index is -1.81. The van der Waals surface area contributed by atoms with Crippen molar-refractivity contribution in [2.45, 2.75) is 72.3 Å². The van der Waals surface area contributed by atoms with Gasteiger partial charge in [0.1, 0.15) is 6.61 Å². The van der Waals surface area contributed by atoms with Crippen molar-refractivity contribution in [2.24, 2.45) is 0 Å². The van der Waals surface area contributed by atoms with Crippen LogP contribution in [0.25, 0.3) is 23.5 Å². The number of pyridine rings is 2. The fourth-order valence-corrected chi connectivity index (χ4v) is 4.81. The van der Waals surface area contributed by atoms with E-state index in [1.165, 1.54) is 5.56 Å². The average Bonchev–Trinajstić information content (AvgIpc) is 3.14. The number of aromatic nitrogens is 2. The highest BCUT2D eigenvalue weighted by Crippen LogP contribution is 2.37. The first-order valence-electron chi connectivity index (χ1n) is 11.3. The predicted octanol–water partition coefficient (Wildman–Crippen LogP) is 1.07. The van der Waals surface area contributed by atoms with E-state index in [2.05, 4.69) is 25.2 Å². The first-order chi connectivity index (χ1) is 15.3. The van der Waals surface area contributed by atoms with Gasteiger partial charge < -0.3 is 19.7 Å². The summed E-state index contributed by atoms with van der Waals surface area (Å²) in [5, 5.41) is 16.5. The fourth-order valence-electron chi connectivity index (χ4n) is 4.81. The third-order valence-corrected chi connectivity index (χ3v) is 6.57. The van der Waals surface area contributed by atoms with E-state index in [0.29, 0.717) is 29.4 Å². The summed E-state index contributed by atoms with van der Waals surface area (Å²) in [6.45, 7) is 11.0. The highest BCUT2D eigenvalue weighted by molar-refractivity contribution is 5.84. The second-order valence-electron chi connectivity index (χ2n) is 8.76. The van der Waals surface area contributed by atoms with Crippen molar-refractivity contribution < 1.29 is 14.6 Å². The molecule has 7 heteroatoms. The van der Waals surface area contributed by atoms with Crippen LogP contribution in [0.3, 0.4) is 0 Å². The van der Waals surface area contributed by atoms with Crippen LogP contribution in [0, 0.1) is 0 Å². The molecule has 2 aliphatic heterocycles. The van der Waals surface area contributed by atoms with E-state index in [4.69, 9.17) is 9.72 Å². The molecule has 4 rings (SSSR count). The summed E-state index contributed by atoms with van der Waals surface area (Å²) in [7, 11) is 0. The first kappa shape index (κ1) is 22.4. The van der Waals surface area contributed by atoms with Crippen LogP contribution in [0.15, 0.2) is 10.9 Å². The summed E-state index contributed by atoms with van der Waals surface area (Å²) in [5.74, 6) is -0.706. The van der Waals surface area contributed by atoms with Crippen LogP contribution < -0.4 is 21.4 Å². The van der Waals surface area contributed by atoms with Crippen molar-refractivity contribution in [1.29, 1.82) is 0 Å². The van der Waals surface area contributed by atoms with E-state index in [1.807, 2.05) is 19.9 Å². The molecular formula is C25H31N3O4. The molecule has 2 aliphatic rings. The van der Waals surface area contributed by atoms with Crippen molar-refractivity contribution in [3.05, 3.63) is 49.2 Å². The summed E-state index contributed by atoms with van der Waals surface area (Å²) in [6, 6.07) is 2.15. The Morgan fingerprint density at radius 2 is 2.03 bits per heavy atom. The summed E-state index contributed by atoms with van der Waals surface area (Å²) >= 11 is 0. The minimum absolute atomic E-state index is 0.119. The smallest absolute Gasteiger partial charge is 0.343 e. The summed E-state index contributed by atoms with van der Waals surface area (Å²) < 4.78 is 6.86. The number of hydrogen-bond acceptors (Lipinski definition) is 6. The molecule has 0 aromatic carbocycles. The Labute approximate surface area is 187 Å². The number of aliphatic hydroxyl groups is 1. The van der Waals surface area contributed by atoms with Crippen LogP contribution >= 0.6 is 0 Å². The lowest BCUT2D eigenvalue weighted by atomic mass is 9.86. The molecule has 1 atom stereocenters. The molecule has 0 amide bonds. The lowest BCUT2D eigenvalue weighted by Crippen LogP contribution is -2.44. The van der Waals surface area contributed by atoms with Gasteiger partial charge in [0.2, 0.25) is 0 Å². The zero-order chi connectivity index (χ0) is 23.2. The molecule has 0 aliphatic carbocycles. The number of nitrogens with zero attached hydrogens (tertiary/aromatic N) is 2. The fraction of sp³-hybridized carbons (Fsp3) is 0.480. The molecule has 2 aromatic heterocycles. The Bertz CT molecular complexity index is 1280. The molecule has 7 nitrogen and oxygen atoms in total. The predicted molar refractivity (Wildman–Crippen MR) is 123 cm³/mol. The monoisotopic (exact) mass is 437 g/mol. The number of cyclic esters (lactones) is 1. The van der Waals surface area contributed by atoms with Crippen molar-refractivity contribution in [3.63, 3.8) is 0 Å². The molecule has 1 unspecified atom stereocenters. The average molecular weight is 438 g/mol. The number of rotatable bonds is 5. The highest BCUT2D eigenvalue weighted by Gasteiger charge is 2.45. The summed E-state index contributed by atoms with van der Waals surface area (Å²) in [4.78, 5) is 30.7. The SMILES string of the molecule is C/C=c1/c(CCNC(C)C)c2c(n/c1=C/C)-c1cc3c(c(=O)n1C2)COC(=O)C3(O)CC. The second-order valence-corrected chi connectivity index (χ2v) is 8.76. The topological polar surface area (TPSA) is 93.5 Å². The van der Waals surface area contributed by atoms with E-state index < -0.39 is 11.6 Å². The van der Waals surface area contributed by atoms with Crippen molar-refractivity contribution in [3.8, 4) is 11.4 Å². The van der Waals surface area contributed by atoms with Crippen LogP contribution in [0.1, 0.15) is 63.3 Å². The number of hydrogen-bond donors (Lipinski definition) is 2. The van der Waals surface area contributed by atoms with Gasteiger partial charge in [-0.3, -0.25) is 4.79 Å². The Morgan fingerprint density at radius 3 is 2.66 bits per heavy atom. The minimum Gasteiger partial charge on any atom is -0.458 e. The van der Waals surface area contributed by atoms with Crippen molar-refractivity contribution in [1.82, 2.24) is 14.9 Å². The van der Waals surface area contributed by atoms with Crippen LogP contribution in [-0.2, 0) is 34.7 Å². The molecule has 170 valence electrons. The quantitative estimate of drug-likeness (QED) is 0.580. The molecule has 0 radical (unpaired) electrons. The number of carbonyl (C=O) groups excluding carboxylic acids is 1. The van der Waals surface area contributed by atoms with Crippen LogP contribution in [-0.4, -0.2) is 33.2 Å². The molecule has 0 fully saturated rings. The van der Waals surface area contributed by atoms with E-state index in [1.54, 1.807) is 17.6 Å². The van der Waals surface area contributed by atoms with Gasteiger partial charge in [-0.15, -0.1) is 0 Å². The number of carbonyl (C=O) groups is 1. The van der Waals surface area contributed by atoms with Gasteiger partial charge in [-0.1, -0.05) is 32.9 Å². The number of esters is 1. The van der Waals surface area contributed by atoms with Gasteiger partial charge in [-0.05, 0) is 50.1 Å². The summed E-state index contributed by atoms with van der Waals surface area (Å²) in [6.07, 6.45) is 5.00. The maximum Gasteiger partial charge on any atom is 0.343 e. The van der Waals surface area contributed by atoms with Gasteiger partial charge in [0.15, 0.2) is 5.60 Å². The summed E-state index contributed by atoms with van der Waals surface area (Å²) in [5.41, 5.74) is 2.25. The van der Waals surface area contributed by atoms with Gasteiger partial charge in [-0.2, -0.15) is 0 Å². The maximum absolute atomic E-state index is 13.4. The molecule has 0 bridgehead atoms. The maximum atomic E-state index is 13.4. The zero-order valence-corrected chi connectivity index (χ0v) is 19.4. The Kier molecular flexibility index (Phi) is 5.81. The van der Waals surface area contributed by atoms with Gasteiger partial charge in [0.05, 0.1) is 28.8 Å². The van der Waals surface area contributed by atoms with E-state index in [0.717, 1.165) is 34.8 Å². The molecular weight excluding hydrogens is 406 g/mol. The molecule has 0 saturated carbocycles.